The van der Waals surface area contributed by atoms with Gasteiger partial charge in [0.05, 0.1) is 5.56 Å². The van der Waals surface area contributed by atoms with Crippen LogP contribution in [0, 0.1) is 11.3 Å². The number of aromatic nitrogens is 3. The largest absolute Gasteiger partial charge is 0.493 e. The lowest BCUT2D eigenvalue weighted by Crippen LogP contribution is -2.13. The normalized spacial score (nSPS) is 11.5. The van der Waals surface area contributed by atoms with E-state index in [1.54, 1.807) is 6.07 Å². The second-order valence-electron chi connectivity index (χ2n) is 6.19. The Hall–Kier alpha value is -2.87. The number of hydrogen-bond donors (Lipinski definition) is 1. The SMILES string of the molecule is CC(C)(C)c1nc2c(C#N)cc(-c3ccccc3)c(O)n2n1. The van der Waals surface area contributed by atoms with Gasteiger partial charge in [0, 0.05) is 11.0 Å². The zero-order valence-electron chi connectivity index (χ0n) is 12.7. The minimum Gasteiger partial charge on any atom is -0.493 e. The molecule has 2 aromatic heterocycles. The molecule has 0 saturated carbocycles. The van der Waals surface area contributed by atoms with E-state index in [2.05, 4.69) is 16.2 Å². The zero-order chi connectivity index (χ0) is 15.9. The van der Waals surface area contributed by atoms with E-state index in [9.17, 15) is 10.4 Å². The van der Waals surface area contributed by atoms with Crippen molar-refractivity contribution in [3.63, 3.8) is 0 Å². The second kappa shape index (κ2) is 4.85. The van der Waals surface area contributed by atoms with Crippen LogP contribution in [0.1, 0.15) is 32.2 Å². The average molecular weight is 292 g/mol. The van der Waals surface area contributed by atoms with Crippen LogP contribution in [0.4, 0.5) is 0 Å². The Morgan fingerprint density at radius 1 is 1.18 bits per heavy atom. The summed E-state index contributed by atoms with van der Waals surface area (Å²) in [5, 5.41) is 24.3. The molecule has 5 heteroatoms. The highest BCUT2D eigenvalue weighted by Crippen LogP contribution is 2.32. The van der Waals surface area contributed by atoms with Gasteiger partial charge in [-0.25, -0.2) is 4.98 Å². The summed E-state index contributed by atoms with van der Waals surface area (Å²) in [6, 6.07) is 13.2. The van der Waals surface area contributed by atoms with E-state index in [4.69, 9.17) is 0 Å². The maximum absolute atomic E-state index is 10.6. The first kappa shape index (κ1) is 14.1. The highest BCUT2D eigenvalue weighted by molar-refractivity contribution is 5.74. The molecule has 2 heterocycles. The Morgan fingerprint density at radius 3 is 2.45 bits per heavy atom. The van der Waals surface area contributed by atoms with E-state index in [1.165, 1.54) is 4.52 Å². The molecule has 0 aliphatic rings. The van der Waals surface area contributed by atoms with Gasteiger partial charge < -0.3 is 5.11 Å². The van der Waals surface area contributed by atoms with Gasteiger partial charge in [-0.15, -0.1) is 5.10 Å². The van der Waals surface area contributed by atoms with Crippen molar-refractivity contribution >= 4 is 5.65 Å². The number of aromatic hydroxyl groups is 1. The van der Waals surface area contributed by atoms with E-state index < -0.39 is 0 Å². The van der Waals surface area contributed by atoms with Gasteiger partial charge in [0.15, 0.2) is 11.5 Å². The highest BCUT2D eigenvalue weighted by atomic mass is 16.3. The van der Waals surface area contributed by atoms with Crippen LogP contribution >= 0.6 is 0 Å². The number of hydrogen-bond acceptors (Lipinski definition) is 4. The molecule has 0 unspecified atom stereocenters. The summed E-state index contributed by atoms with van der Waals surface area (Å²) in [5.74, 6) is 0.577. The molecule has 0 saturated heterocycles. The van der Waals surface area contributed by atoms with Crippen molar-refractivity contribution in [1.82, 2.24) is 14.6 Å². The zero-order valence-corrected chi connectivity index (χ0v) is 12.7. The third kappa shape index (κ3) is 2.19. The van der Waals surface area contributed by atoms with Crippen molar-refractivity contribution in [2.24, 2.45) is 0 Å². The summed E-state index contributed by atoms with van der Waals surface area (Å²) in [6.45, 7) is 5.97. The molecule has 3 aromatic rings. The standard InChI is InChI=1S/C17H16N4O/c1-17(2,3)16-19-14-12(10-18)9-13(15(22)21(14)20-16)11-7-5-4-6-8-11/h4-9,22H,1-3H3. The first-order chi connectivity index (χ1) is 10.4. The molecule has 0 radical (unpaired) electrons. The molecule has 0 atom stereocenters. The fourth-order valence-corrected chi connectivity index (χ4v) is 2.25. The number of fused-ring (bicyclic) bond motifs is 1. The first-order valence-corrected chi connectivity index (χ1v) is 7.00. The fraction of sp³-hybridized carbons (Fsp3) is 0.235. The number of benzene rings is 1. The topological polar surface area (TPSA) is 74.2 Å². The van der Waals surface area contributed by atoms with Gasteiger partial charge in [0.1, 0.15) is 6.07 Å². The van der Waals surface area contributed by atoms with Gasteiger partial charge in [0.25, 0.3) is 0 Å². The lowest BCUT2D eigenvalue weighted by molar-refractivity contribution is 0.435. The summed E-state index contributed by atoms with van der Waals surface area (Å²) in [4.78, 5) is 4.42. The molecule has 1 aromatic carbocycles. The molecule has 0 amide bonds. The third-order valence-electron chi connectivity index (χ3n) is 3.45. The molecule has 5 nitrogen and oxygen atoms in total. The Balaban J connectivity index is 2.34. The van der Waals surface area contributed by atoms with Crippen LogP contribution in [0.5, 0.6) is 5.88 Å². The monoisotopic (exact) mass is 292 g/mol. The lowest BCUT2D eigenvalue weighted by atomic mass is 9.96. The van der Waals surface area contributed by atoms with E-state index >= 15 is 0 Å². The Morgan fingerprint density at radius 2 is 1.86 bits per heavy atom. The Labute approximate surface area is 128 Å². The molecule has 0 spiro atoms. The highest BCUT2D eigenvalue weighted by Gasteiger charge is 2.23. The smallest absolute Gasteiger partial charge is 0.222 e. The van der Waals surface area contributed by atoms with Crippen LogP contribution in [-0.2, 0) is 5.41 Å². The number of nitrogens with zero attached hydrogens (tertiary/aromatic N) is 4. The summed E-state index contributed by atoms with van der Waals surface area (Å²) in [5.41, 5.74) is 1.89. The minimum atomic E-state index is -0.266. The predicted molar refractivity (Wildman–Crippen MR) is 83.5 cm³/mol. The van der Waals surface area contributed by atoms with Crippen LogP contribution < -0.4 is 0 Å². The van der Waals surface area contributed by atoms with Gasteiger partial charge in [-0.05, 0) is 11.6 Å². The second-order valence-corrected chi connectivity index (χ2v) is 6.19. The van der Waals surface area contributed by atoms with Crippen molar-refractivity contribution in [3.05, 3.63) is 47.8 Å². The molecule has 22 heavy (non-hydrogen) atoms. The molecule has 3 rings (SSSR count). The van der Waals surface area contributed by atoms with E-state index in [0.717, 1.165) is 5.56 Å². The molecule has 0 fully saturated rings. The van der Waals surface area contributed by atoms with Crippen molar-refractivity contribution < 1.29 is 5.11 Å². The van der Waals surface area contributed by atoms with Crippen molar-refractivity contribution in [2.75, 3.05) is 0 Å². The third-order valence-corrected chi connectivity index (χ3v) is 3.45. The van der Waals surface area contributed by atoms with Gasteiger partial charge in [-0.2, -0.15) is 9.78 Å². The molecular weight excluding hydrogens is 276 g/mol. The van der Waals surface area contributed by atoms with Crippen molar-refractivity contribution in [3.8, 4) is 23.1 Å². The molecule has 0 bridgehead atoms. The van der Waals surface area contributed by atoms with E-state index in [1.807, 2.05) is 51.1 Å². The average Bonchev–Trinajstić information content (AvgIpc) is 2.95. The van der Waals surface area contributed by atoms with Crippen LogP contribution in [0.3, 0.4) is 0 Å². The maximum Gasteiger partial charge on any atom is 0.222 e. The number of nitriles is 1. The minimum absolute atomic E-state index is 0.0109. The predicted octanol–water partition coefficient (Wildman–Crippen LogP) is 3.27. The number of rotatable bonds is 1. The van der Waals surface area contributed by atoms with Crippen LogP contribution in [0.25, 0.3) is 16.8 Å². The van der Waals surface area contributed by atoms with Crippen LogP contribution in [0.15, 0.2) is 36.4 Å². The van der Waals surface area contributed by atoms with Crippen LogP contribution in [-0.4, -0.2) is 19.7 Å². The summed E-state index contributed by atoms with van der Waals surface area (Å²) in [6.07, 6.45) is 0. The summed E-state index contributed by atoms with van der Waals surface area (Å²) in [7, 11) is 0. The van der Waals surface area contributed by atoms with Crippen molar-refractivity contribution in [1.29, 1.82) is 5.26 Å². The summed E-state index contributed by atoms with van der Waals surface area (Å²) >= 11 is 0. The molecule has 0 aliphatic carbocycles. The first-order valence-electron chi connectivity index (χ1n) is 7.00. The fourth-order valence-electron chi connectivity index (χ4n) is 2.25. The van der Waals surface area contributed by atoms with Gasteiger partial charge in [-0.1, -0.05) is 51.1 Å². The van der Waals surface area contributed by atoms with Gasteiger partial charge in [0.2, 0.25) is 5.88 Å². The molecule has 110 valence electrons. The number of pyridine rings is 1. The Kier molecular flexibility index (Phi) is 3.10. The molecule has 1 N–H and O–H groups in total. The summed E-state index contributed by atoms with van der Waals surface area (Å²) < 4.78 is 1.35. The van der Waals surface area contributed by atoms with Gasteiger partial charge in [-0.3, -0.25) is 0 Å². The maximum atomic E-state index is 10.6. The quantitative estimate of drug-likeness (QED) is 0.747. The Bertz CT molecular complexity index is 883. The van der Waals surface area contributed by atoms with Crippen LogP contribution in [0.2, 0.25) is 0 Å². The van der Waals surface area contributed by atoms with Crippen molar-refractivity contribution in [2.45, 2.75) is 26.2 Å². The van der Waals surface area contributed by atoms with E-state index in [-0.39, 0.29) is 11.3 Å². The van der Waals surface area contributed by atoms with Gasteiger partial charge >= 0.3 is 0 Å². The van der Waals surface area contributed by atoms with E-state index in [0.29, 0.717) is 22.6 Å². The molecule has 0 aliphatic heterocycles. The molecular formula is C17H16N4O. The lowest BCUT2D eigenvalue weighted by Gasteiger charge is -2.11.